The quantitative estimate of drug-likeness (QED) is 0.603. The zero-order valence-corrected chi connectivity index (χ0v) is 15.6. The summed E-state index contributed by atoms with van der Waals surface area (Å²) in [6.07, 6.45) is 1.73. The van der Waals surface area contributed by atoms with E-state index >= 15 is 0 Å². The van der Waals surface area contributed by atoms with E-state index < -0.39 is 6.04 Å². The molecule has 0 aliphatic rings. The van der Waals surface area contributed by atoms with Crippen LogP contribution in [0.5, 0.6) is 0 Å². The smallest absolute Gasteiger partial charge is 0.238 e. The Morgan fingerprint density at radius 2 is 1.71 bits per heavy atom. The van der Waals surface area contributed by atoms with E-state index in [0.29, 0.717) is 12.4 Å². The highest BCUT2D eigenvalue weighted by molar-refractivity contribution is 7.80. The van der Waals surface area contributed by atoms with Gasteiger partial charge in [0.2, 0.25) is 5.91 Å². The fourth-order valence-corrected chi connectivity index (χ4v) is 2.65. The zero-order valence-electron chi connectivity index (χ0n) is 14.7. The van der Waals surface area contributed by atoms with E-state index in [0.717, 1.165) is 12.8 Å². The molecule has 0 spiro atoms. The van der Waals surface area contributed by atoms with Gasteiger partial charge in [-0.15, -0.1) is 0 Å². The normalized spacial score (nSPS) is 14.9. The number of amides is 1. The molecule has 1 atom stereocenters. The minimum Gasteiger partial charge on any atom is -0.375 e. The monoisotopic (exact) mass is 318 g/mol. The molecule has 0 radical (unpaired) electrons. The fourth-order valence-electron chi connectivity index (χ4n) is 2.48. The zero-order chi connectivity index (χ0) is 16.9. The van der Waals surface area contributed by atoms with Gasteiger partial charge in [-0.25, -0.2) is 0 Å². The van der Waals surface area contributed by atoms with Gasteiger partial charge in [0.15, 0.2) is 0 Å². The van der Waals surface area contributed by atoms with Crippen LogP contribution in [0.4, 0.5) is 0 Å². The van der Waals surface area contributed by atoms with Crippen LogP contribution < -0.4 is 11.1 Å². The van der Waals surface area contributed by atoms with E-state index in [-0.39, 0.29) is 22.5 Å². The van der Waals surface area contributed by atoms with Gasteiger partial charge < -0.3 is 15.8 Å². The summed E-state index contributed by atoms with van der Waals surface area (Å²) in [7, 11) is 0. The maximum absolute atomic E-state index is 11.8. The fraction of sp³-hybridized carbons (Fsp3) is 0.938. The van der Waals surface area contributed by atoms with Crippen LogP contribution in [0.1, 0.15) is 61.3 Å². The van der Waals surface area contributed by atoms with E-state index in [9.17, 15) is 4.79 Å². The molecule has 1 unspecified atom stereocenters. The standard InChI is InChI=1S/C16H34N2O2S/c1-14(2,3)11-16(6,7)20-9-8-15(4,5)18-13(19)12(17)10-21/h12,21H,8-11,17H2,1-7H3,(H,18,19). The predicted molar refractivity (Wildman–Crippen MR) is 92.8 cm³/mol. The molecule has 0 heterocycles. The molecule has 5 heteroatoms. The van der Waals surface area contributed by atoms with E-state index in [4.69, 9.17) is 10.5 Å². The molecule has 3 N–H and O–H groups in total. The van der Waals surface area contributed by atoms with Gasteiger partial charge >= 0.3 is 0 Å². The van der Waals surface area contributed by atoms with E-state index in [1.54, 1.807) is 0 Å². The van der Waals surface area contributed by atoms with Gasteiger partial charge in [-0.3, -0.25) is 4.79 Å². The van der Waals surface area contributed by atoms with Crippen molar-refractivity contribution >= 4 is 18.5 Å². The highest BCUT2D eigenvalue weighted by atomic mass is 32.1. The maximum Gasteiger partial charge on any atom is 0.238 e. The Balaban J connectivity index is 4.29. The van der Waals surface area contributed by atoms with Crippen molar-refractivity contribution in [2.45, 2.75) is 78.5 Å². The van der Waals surface area contributed by atoms with Crippen LogP contribution in [0.3, 0.4) is 0 Å². The molecule has 0 aromatic rings. The first-order valence-corrected chi connectivity index (χ1v) is 8.24. The van der Waals surface area contributed by atoms with Crippen molar-refractivity contribution < 1.29 is 9.53 Å². The number of carbonyl (C=O) groups excluding carboxylic acids is 1. The Bertz CT molecular complexity index is 336. The summed E-state index contributed by atoms with van der Waals surface area (Å²) >= 11 is 4.04. The third-order valence-corrected chi connectivity index (χ3v) is 3.56. The van der Waals surface area contributed by atoms with E-state index in [1.807, 2.05) is 13.8 Å². The molecule has 0 saturated heterocycles. The molecule has 0 aromatic carbocycles. The Morgan fingerprint density at radius 1 is 1.19 bits per heavy atom. The van der Waals surface area contributed by atoms with E-state index in [1.165, 1.54) is 0 Å². The number of hydrogen-bond acceptors (Lipinski definition) is 4. The van der Waals surface area contributed by atoms with Crippen molar-refractivity contribution in [3.63, 3.8) is 0 Å². The molecule has 0 aromatic heterocycles. The molecular formula is C16H34N2O2S. The SMILES string of the molecule is CC(C)(C)CC(C)(C)OCCC(C)(C)NC(=O)C(N)CS. The van der Waals surface area contributed by atoms with Gasteiger partial charge in [0.05, 0.1) is 11.6 Å². The Morgan fingerprint density at radius 3 is 2.14 bits per heavy atom. The Labute approximate surface area is 136 Å². The third-order valence-electron chi connectivity index (χ3n) is 3.17. The number of thiol groups is 1. The summed E-state index contributed by atoms with van der Waals surface area (Å²) in [6.45, 7) is 15.4. The first-order valence-electron chi connectivity index (χ1n) is 7.60. The Hall–Kier alpha value is -0.260. The molecule has 0 aliphatic carbocycles. The van der Waals surface area contributed by atoms with Crippen LogP contribution in [0.2, 0.25) is 0 Å². The second-order valence-corrected chi connectivity index (χ2v) is 8.62. The van der Waals surface area contributed by atoms with Crippen molar-refractivity contribution in [2.75, 3.05) is 12.4 Å². The highest BCUT2D eigenvalue weighted by Crippen LogP contribution is 2.29. The molecule has 0 saturated carbocycles. The van der Waals surface area contributed by atoms with Gasteiger partial charge in [0, 0.05) is 17.9 Å². The topological polar surface area (TPSA) is 64.3 Å². The first kappa shape index (κ1) is 20.7. The van der Waals surface area contributed by atoms with Gasteiger partial charge in [-0.1, -0.05) is 20.8 Å². The molecule has 126 valence electrons. The van der Waals surface area contributed by atoms with E-state index in [2.05, 4.69) is 52.6 Å². The lowest BCUT2D eigenvalue weighted by Gasteiger charge is -2.34. The first-order chi connectivity index (χ1) is 9.28. The average molecular weight is 319 g/mol. The van der Waals surface area contributed by atoms with Gasteiger partial charge in [0.1, 0.15) is 0 Å². The number of rotatable bonds is 8. The molecule has 0 aliphatic heterocycles. The number of nitrogens with one attached hydrogen (secondary N) is 1. The number of hydrogen-bond donors (Lipinski definition) is 3. The lowest BCUT2D eigenvalue weighted by molar-refractivity contribution is -0.123. The number of ether oxygens (including phenoxy) is 1. The number of nitrogens with two attached hydrogens (primary N) is 1. The molecule has 0 bridgehead atoms. The Kier molecular flexibility index (Phi) is 7.74. The minimum absolute atomic E-state index is 0.163. The average Bonchev–Trinajstić information content (AvgIpc) is 2.22. The van der Waals surface area contributed by atoms with Crippen LogP contribution >= 0.6 is 12.6 Å². The van der Waals surface area contributed by atoms with Gasteiger partial charge in [-0.05, 0) is 46.0 Å². The lowest BCUT2D eigenvalue weighted by atomic mass is 9.83. The molecule has 0 rings (SSSR count). The summed E-state index contributed by atoms with van der Waals surface area (Å²) in [5, 5.41) is 2.95. The number of carbonyl (C=O) groups is 1. The van der Waals surface area contributed by atoms with Crippen molar-refractivity contribution in [1.29, 1.82) is 0 Å². The van der Waals surface area contributed by atoms with Gasteiger partial charge in [0.25, 0.3) is 0 Å². The summed E-state index contributed by atoms with van der Waals surface area (Å²) < 4.78 is 6.01. The molecule has 21 heavy (non-hydrogen) atoms. The molecule has 1 amide bonds. The van der Waals surface area contributed by atoms with Crippen LogP contribution in [0.25, 0.3) is 0 Å². The van der Waals surface area contributed by atoms with Crippen molar-refractivity contribution in [2.24, 2.45) is 11.1 Å². The molecule has 4 nitrogen and oxygen atoms in total. The molecular weight excluding hydrogens is 284 g/mol. The van der Waals surface area contributed by atoms with Crippen molar-refractivity contribution in [3.8, 4) is 0 Å². The van der Waals surface area contributed by atoms with Crippen LogP contribution in [0.15, 0.2) is 0 Å². The lowest BCUT2D eigenvalue weighted by Crippen LogP contribution is -2.51. The largest absolute Gasteiger partial charge is 0.375 e. The summed E-state index contributed by atoms with van der Waals surface area (Å²) in [6, 6.07) is -0.564. The predicted octanol–water partition coefficient (Wildman–Crippen LogP) is 2.76. The van der Waals surface area contributed by atoms with Crippen LogP contribution in [-0.2, 0) is 9.53 Å². The van der Waals surface area contributed by atoms with Gasteiger partial charge in [-0.2, -0.15) is 12.6 Å². The maximum atomic E-state index is 11.8. The second kappa shape index (κ2) is 7.84. The summed E-state index contributed by atoms with van der Waals surface area (Å²) in [5.74, 6) is 0.181. The highest BCUT2D eigenvalue weighted by Gasteiger charge is 2.28. The third kappa shape index (κ3) is 10.1. The summed E-state index contributed by atoms with van der Waals surface area (Å²) in [5.41, 5.74) is 5.40. The van der Waals surface area contributed by atoms with Crippen molar-refractivity contribution in [3.05, 3.63) is 0 Å². The molecule has 0 fully saturated rings. The second-order valence-electron chi connectivity index (χ2n) is 8.26. The van der Waals surface area contributed by atoms with Crippen molar-refractivity contribution in [1.82, 2.24) is 5.32 Å². The van der Waals surface area contributed by atoms with Crippen LogP contribution in [-0.4, -0.2) is 35.4 Å². The summed E-state index contributed by atoms with van der Waals surface area (Å²) in [4.78, 5) is 11.8. The minimum atomic E-state index is -0.564. The van der Waals surface area contributed by atoms with Crippen LogP contribution in [0, 0.1) is 5.41 Å².